The summed E-state index contributed by atoms with van der Waals surface area (Å²) in [7, 11) is 1.79. The van der Waals surface area contributed by atoms with Crippen LogP contribution < -0.4 is 11.5 Å². The quantitative estimate of drug-likeness (QED) is 0.780. The van der Waals surface area contributed by atoms with Crippen molar-refractivity contribution in [3.8, 4) is 0 Å². The summed E-state index contributed by atoms with van der Waals surface area (Å²) in [6.07, 6.45) is 0.773. The number of aromatic nitrogens is 3. The van der Waals surface area contributed by atoms with Crippen molar-refractivity contribution in [1.82, 2.24) is 14.8 Å². The number of anilines is 2. The first kappa shape index (κ1) is 11.4. The lowest BCUT2D eigenvalue weighted by molar-refractivity contribution is 0.691. The van der Waals surface area contributed by atoms with E-state index in [1.165, 1.54) is 5.56 Å². The number of benzene rings is 1. The molecule has 4 N–H and O–H groups in total. The average molecular weight is 231 g/mol. The highest BCUT2D eigenvalue weighted by Crippen LogP contribution is 2.20. The van der Waals surface area contributed by atoms with Crippen LogP contribution in [0.15, 0.2) is 24.3 Å². The lowest BCUT2D eigenvalue weighted by Crippen LogP contribution is -2.01. The minimum atomic E-state index is 0.345. The summed E-state index contributed by atoms with van der Waals surface area (Å²) in [6, 6.07) is 7.89. The molecular formula is C12H17N5. The Morgan fingerprint density at radius 2 is 1.88 bits per heavy atom. The largest absolute Gasteiger partial charge is 0.399 e. The van der Waals surface area contributed by atoms with Crippen LogP contribution in [-0.2, 0) is 13.5 Å². The van der Waals surface area contributed by atoms with E-state index < -0.39 is 0 Å². The summed E-state index contributed by atoms with van der Waals surface area (Å²) in [4.78, 5) is 4.20. The Labute approximate surface area is 100 Å². The Morgan fingerprint density at radius 3 is 2.41 bits per heavy atom. The Kier molecular flexibility index (Phi) is 2.99. The van der Waals surface area contributed by atoms with Crippen LogP contribution >= 0.6 is 0 Å². The minimum absolute atomic E-state index is 0.345. The monoisotopic (exact) mass is 231 g/mol. The van der Waals surface area contributed by atoms with Crippen LogP contribution in [0.1, 0.15) is 24.2 Å². The van der Waals surface area contributed by atoms with Gasteiger partial charge in [-0.05, 0) is 23.6 Å². The van der Waals surface area contributed by atoms with Crippen molar-refractivity contribution >= 4 is 11.6 Å². The van der Waals surface area contributed by atoms with E-state index in [-0.39, 0.29) is 0 Å². The fraction of sp³-hybridized carbons (Fsp3) is 0.333. The summed E-state index contributed by atoms with van der Waals surface area (Å²) in [5.41, 5.74) is 13.3. The molecule has 90 valence electrons. The first-order valence-corrected chi connectivity index (χ1v) is 5.57. The zero-order chi connectivity index (χ0) is 12.4. The lowest BCUT2D eigenvalue weighted by Gasteiger charge is -2.09. The molecule has 1 heterocycles. The summed E-state index contributed by atoms with van der Waals surface area (Å²) in [6.45, 7) is 2.14. The summed E-state index contributed by atoms with van der Waals surface area (Å²) >= 11 is 0. The van der Waals surface area contributed by atoms with E-state index in [0.717, 1.165) is 17.9 Å². The first-order valence-electron chi connectivity index (χ1n) is 5.57. The fourth-order valence-corrected chi connectivity index (χ4v) is 1.75. The highest BCUT2D eigenvalue weighted by Gasteiger charge is 2.11. The Bertz CT molecular complexity index is 481. The van der Waals surface area contributed by atoms with Crippen LogP contribution in [0.25, 0.3) is 0 Å². The molecule has 1 unspecified atom stereocenters. The van der Waals surface area contributed by atoms with Gasteiger partial charge in [0, 0.05) is 19.2 Å². The van der Waals surface area contributed by atoms with Gasteiger partial charge in [0.2, 0.25) is 5.95 Å². The molecule has 5 heteroatoms. The molecule has 0 saturated heterocycles. The van der Waals surface area contributed by atoms with Crippen molar-refractivity contribution in [3.05, 3.63) is 35.7 Å². The predicted molar refractivity (Wildman–Crippen MR) is 68.4 cm³/mol. The zero-order valence-corrected chi connectivity index (χ0v) is 10.1. The van der Waals surface area contributed by atoms with Gasteiger partial charge < -0.3 is 11.5 Å². The van der Waals surface area contributed by atoms with Gasteiger partial charge in [-0.2, -0.15) is 10.1 Å². The molecule has 2 rings (SSSR count). The van der Waals surface area contributed by atoms with E-state index >= 15 is 0 Å². The smallest absolute Gasteiger partial charge is 0.218 e. The van der Waals surface area contributed by atoms with Gasteiger partial charge in [-0.1, -0.05) is 19.1 Å². The van der Waals surface area contributed by atoms with Crippen LogP contribution in [-0.4, -0.2) is 14.8 Å². The fourth-order valence-electron chi connectivity index (χ4n) is 1.75. The molecule has 0 radical (unpaired) electrons. The second-order valence-electron chi connectivity index (χ2n) is 4.28. The van der Waals surface area contributed by atoms with Crippen molar-refractivity contribution in [2.24, 2.45) is 7.05 Å². The van der Waals surface area contributed by atoms with Crippen molar-refractivity contribution in [2.45, 2.75) is 19.3 Å². The molecule has 0 saturated carbocycles. The van der Waals surface area contributed by atoms with Crippen LogP contribution in [0.5, 0.6) is 0 Å². The third-order valence-corrected chi connectivity index (χ3v) is 2.83. The third-order valence-electron chi connectivity index (χ3n) is 2.83. The van der Waals surface area contributed by atoms with E-state index in [2.05, 4.69) is 17.0 Å². The predicted octanol–water partition coefficient (Wildman–Crippen LogP) is 1.33. The molecule has 0 bridgehead atoms. The first-order chi connectivity index (χ1) is 8.06. The molecule has 0 amide bonds. The van der Waals surface area contributed by atoms with E-state index in [9.17, 15) is 0 Å². The number of nitrogen functional groups attached to an aromatic ring is 2. The molecular weight excluding hydrogens is 214 g/mol. The van der Waals surface area contributed by atoms with Crippen molar-refractivity contribution in [3.63, 3.8) is 0 Å². The summed E-state index contributed by atoms with van der Waals surface area (Å²) in [5, 5.41) is 4.25. The number of hydrogen-bond acceptors (Lipinski definition) is 4. The maximum absolute atomic E-state index is 5.66. The molecule has 0 aliphatic rings. The van der Waals surface area contributed by atoms with E-state index in [1.807, 2.05) is 24.3 Å². The number of nitrogens with two attached hydrogens (primary N) is 2. The highest BCUT2D eigenvalue weighted by atomic mass is 15.4. The SMILES string of the molecule is CC(Cc1nc(N)n(C)n1)c1ccc(N)cc1. The van der Waals surface area contributed by atoms with Gasteiger partial charge in [-0.15, -0.1) is 0 Å². The van der Waals surface area contributed by atoms with Gasteiger partial charge in [0.1, 0.15) is 0 Å². The van der Waals surface area contributed by atoms with Crippen molar-refractivity contribution in [2.75, 3.05) is 11.5 Å². The molecule has 1 aromatic heterocycles. The van der Waals surface area contributed by atoms with Crippen LogP contribution in [0.4, 0.5) is 11.6 Å². The Balaban J connectivity index is 2.11. The van der Waals surface area contributed by atoms with Gasteiger partial charge in [0.15, 0.2) is 5.82 Å². The summed E-state index contributed by atoms with van der Waals surface area (Å²) in [5.74, 6) is 1.57. The van der Waals surface area contributed by atoms with Gasteiger partial charge in [0.25, 0.3) is 0 Å². The maximum atomic E-state index is 5.66. The molecule has 1 aromatic carbocycles. The molecule has 1 atom stereocenters. The van der Waals surface area contributed by atoms with Gasteiger partial charge in [0.05, 0.1) is 0 Å². The molecule has 0 fully saturated rings. The third kappa shape index (κ3) is 2.55. The maximum Gasteiger partial charge on any atom is 0.218 e. The number of nitrogens with zero attached hydrogens (tertiary/aromatic N) is 3. The van der Waals surface area contributed by atoms with Crippen LogP contribution in [0.2, 0.25) is 0 Å². The van der Waals surface area contributed by atoms with Crippen molar-refractivity contribution in [1.29, 1.82) is 0 Å². The molecule has 0 aliphatic heterocycles. The standard InChI is InChI=1S/C12H17N5/c1-8(9-3-5-10(13)6-4-9)7-11-15-12(14)17(2)16-11/h3-6,8H,7,13H2,1-2H3,(H2,14,15,16). The van der Waals surface area contributed by atoms with Crippen LogP contribution in [0, 0.1) is 0 Å². The Morgan fingerprint density at radius 1 is 1.24 bits per heavy atom. The summed E-state index contributed by atoms with van der Waals surface area (Å²) < 4.78 is 1.59. The van der Waals surface area contributed by atoms with E-state index in [0.29, 0.717) is 11.9 Å². The highest BCUT2D eigenvalue weighted by molar-refractivity contribution is 5.40. The molecule has 0 spiro atoms. The topological polar surface area (TPSA) is 82.8 Å². The Hall–Kier alpha value is -2.04. The second kappa shape index (κ2) is 4.45. The van der Waals surface area contributed by atoms with E-state index in [4.69, 9.17) is 11.5 Å². The van der Waals surface area contributed by atoms with Crippen LogP contribution in [0.3, 0.4) is 0 Å². The normalized spacial score (nSPS) is 12.6. The van der Waals surface area contributed by atoms with Gasteiger partial charge in [-0.25, -0.2) is 4.68 Å². The number of aryl methyl sites for hydroxylation is 1. The van der Waals surface area contributed by atoms with Crippen molar-refractivity contribution < 1.29 is 0 Å². The number of rotatable bonds is 3. The molecule has 2 aromatic rings. The lowest BCUT2D eigenvalue weighted by atomic mass is 9.97. The van der Waals surface area contributed by atoms with Gasteiger partial charge >= 0.3 is 0 Å². The zero-order valence-electron chi connectivity index (χ0n) is 10.1. The minimum Gasteiger partial charge on any atom is -0.399 e. The second-order valence-corrected chi connectivity index (χ2v) is 4.28. The number of hydrogen-bond donors (Lipinski definition) is 2. The molecule has 5 nitrogen and oxygen atoms in total. The molecule has 0 aliphatic carbocycles. The van der Waals surface area contributed by atoms with Gasteiger partial charge in [-0.3, -0.25) is 0 Å². The molecule has 17 heavy (non-hydrogen) atoms. The van der Waals surface area contributed by atoms with E-state index in [1.54, 1.807) is 11.7 Å². The average Bonchev–Trinajstić information content (AvgIpc) is 2.58.